The van der Waals surface area contributed by atoms with Gasteiger partial charge in [0.05, 0.1) is 11.5 Å². The molecule has 4 saturated carbocycles. The van der Waals surface area contributed by atoms with Crippen molar-refractivity contribution in [2.45, 2.75) is 77.7 Å². The molecule has 0 saturated heterocycles. The lowest BCUT2D eigenvalue weighted by atomic mass is 9.55. The van der Waals surface area contributed by atoms with Gasteiger partial charge in [0.1, 0.15) is 5.75 Å². The van der Waals surface area contributed by atoms with Crippen LogP contribution in [-0.2, 0) is 14.3 Å². The molecule has 5 rings (SSSR count). The van der Waals surface area contributed by atoms with E-state index in [1.165, 1.54) is 32.1 Å². The number of phenols is 1. The van der Waals surface area contributed by atoms with Gasteiger partial charge in [-0.15, -0.1) is 0 Å². The van der Waals surface area contributed by atoms with Crippen molar-refractivity contribution in [2.75, 3.05) is 6.79 Å². The maximum Gasteiger partial charge on any atom is 0.313 e. The summed E-state index contributed by atoms with van der Waals surface area (Å²) in [4.78, 5) is 12.8. The Kier molecular flexibility index (Phi) is 5.92. The van der Waals surface area contributed by atoms with E-state index >= 15 is 0 Å². The number of esters is 1. The molecule has 0 spiro atoms. The van der Waals surface area contributed by atoms with Crippen molar-refractivity contribution in [2.24, 2.45) is 29.1 Å². The van der Waals surface area contributed by atoms with Gasteiger partial charge in [-0.2, -0.15) is 0 Å². The number of rotatable bonds is 8. The van der Waals surface area contributed by atoms with Crippen LogP contribution in [0.5, 0.6) is 5.75 Å². The quantitative estimate of drug-likeness (QED) is 0.453. The maximum atomic E-state index is 12.8. The molecular formula is C25H36O4. The summed E-state index contributed by atoms with van der Waals surface area (Å²) in [6.45, 7) is 6.14. The molecule has 0 aromatic heterocycles. The minimum Gasteiger partial charge on any atom is -0.508 e. The van der Waals surface area contributed by atoms with Crippen LogP contribution in [0.25, 0.3) is 0 Å². The third-order valence-corrected chi connectivity index (χ3v) is 7.76. The highest BCUT2D eigenvalue weighted by molar-refractivity contribution is 5.75. The highest BCUT2D eigenvalue weighted by Crippen LogP contribution is 2.54. The Hall–Kier alpha value is -1.55. The fraction of sp³-hybridized carbons (Fsp3) is 0.720. The molecule has 0 aliphatic heterocycles. The van der Waals surface area contributed by atoms with Gasteiger partial charge < -0.3 is 14.6 Å². The fourth-order valence-electron chi connectivity index (χ4n) is 6.45. The number of phenolic OH excluding ortho intramolecular Hbond substituents is 1. The maximum absolute atomic E-state index is 12.8. The van der Waals surface area contributed by atoms with E-state index in [1.54, 1.807) is 12.1 Å². The summed E-state index contributed by atoms with van der Waals surface area (Å²) in [6.07, 6.45) is 8.60. The lowest BCUT2D eigenvalue weighted by molar-refractivity contribution is -0.193. The zero-order chi connectivity index (χ0) is 20.6. The van der Waals surface area contributed by atoms with E-state index in [9.17, 15) is 9.90 Å². The minimum absolute atomic E-state index is 0.0886. The summed E-state index contributed by atoms with van der Waals surface area (Å²) in [7, 11) is 0. The van der Waals surface area contributed by atoms with Crippen LogP contribution in [-0.4, -0.2) is 24.0 Å². The zero-order valence-corrected chi connectivity index (χ0v) is 18.1. The smallest absolute Gasteiger partial charge is 0.313 e. The van der Waals surface area contributed by atoms with E-state index in [1.807, 2.05) is 26.0 Å². The van der Waals surface area contributed by atoms with Crippen LogP contribution in [0, 0.1) is 29.1 Å². The van der Waals surface area contributed by atoms with Crippen LogP contribution >= 0.6 is 0 Å². The Labute approximate surface area is 175 Å². The first-order chi connectivity index (χ1) is 13.9. The molecule has 160 valence electrons. The summed E-state index contributed by atoms with van der Waals surface area (Å²) >= 11 is 0. The van der Waals surface area contributed by atoms with Gasteiger partial charge in [0.2, 0.25) is 0 Å². The molecule has 4 aliphatic rings. The number of carbonyl (C=O) groups excluding carboxylic acids is 1. The molecular weight excluding hydrogens is 364 g/mol. The molecule has 4 heteroatoms. The SMILES string of the molecule is CCC(CC(C)(C)C(=O)OCOC1C2CC3CC(C2)CC1C3)c1ccc(O)cc1. The molecule has 1 atom stereocenters. The van der Waals surface area contributed by atoms with Crippen LogP contribution in [0.2, 0.25) is 0 Å². The normalized spacial score (nSPS) is 31.6. The third-order valence-electron chi connectivity index (χ3n) is 7.76. The van der Waals surface area contributed by atoms with Gasteiger partial charge in [-0.3, -0.25) is 4.79 Å². The number of aromatic hydroxyl groups is 1. The van der Waals surface area contributed by atoms with E-state index in [0.717, 1.165) is 23.8 Å². The number of hydrogen-bond acceptors (Lipinski definition) is 4. The van der Waals surface area contributed by atoms with Gasteiger partial charge in [0.25, 0.3) is 0 Å². The van der Waals surface area contributed by atoms with Crippen molar-refractivity contribution >= 4 is 5.97 Å². The summed E-state index contributed by atoms with van der Waals surface area (Å²) in [5.41, 5.74) is 0.572. The number of carbonyl (C=O) groups is 1. The molecule has 0 amide bonds. The van der Waals surface area contributed by atoms with Gasteiger partial charge in [-0.05, 0) is 106 Å². The second kappa shape index (κ2) is 8.29. The predicted octanol–water partition coefficient (Wildman–Crippen LogP) is 5.64. The fourth-order valence-corrected chi connectivity index (χ4v) is 6.45. The van der Waals surface area contributed by atoms with Gasteiger partial charge in [0, 0.05) is 0 Å². The van der Waals surface area contributed by atoms with E-state index in [4.69, 9.17) is 9.47 Å². The van der Waals surface area contributed by atoms with Gasteiger partial charge >= 0.3 is 5.97 Å². The van der Waals surface area contributed by atoms with Crippen molar-refractivity contribution < 1.29 is 19.4 Å². The van der Waals surface area contributed by atoms with Crippen molar-refractivity contribution in [3.8, 4) is 5.75 Å². The molecule has 4 fully saturated rings. The van der Waals surface area contributed by atoms with Crippen LogP contribution in [0.3, 0.4) is 0 Å². The molecule has 29 heavy (non-hydrogen) atoms. The summed E-state index contributed by atoms with van der Waals surface area (Å²) in [5.74, 6) is 3.54. The monoisotopic (exact) mass is 400 g/mol. The Morgan fingerprint density at radius 3 is 2.21 bits per heavy atom. The highest BCUT2D eigenvalue weighted by Gasteiger charge is 2.49. The molecule has 1 unspecified atom stereocenters. The van der Waals surface area contributed by atoms with Crippen molar-refractivity contribution in [1.82, 2.24) is 0 Å². The van der Waals surface area contributed by atoms with E-state index in [2.05, 4.69) is 6.92 Å². The Bertz CT molecular complexity index is 680. The summed E-state index contributed by atoms with van der Waals surface area (Å²) < 4.78 is 11.8. The number of benzene rings is 1. The number of ether oxygens (including phenoxy) is 2. The molecule has 4 bridgehead atoms. The molecule has 1 N–H and O–H groups in total. The zero-order valence-electron chi connectivity index (χ0n) is 18.1. The lowest BCUT2D eigenvalue weighted by Gasteiger charge is -2.53. The standard InChI is InChI=1S/C25H36O4/c1-4-18(19-5-7-22(26)8-6-19)14-25(2,3)24(27)29-15-28-23-20-10-16-9-17(12-20)13-21(23)11-16/h5-8,16-18,20-21,23,26H,4,9-15H2,1-3H3. The van der Waals surface area contributed by atoms with Gasteiger partial charge in [-0.1, -0.05) is 19.1 Å². The Morgan fingerprint density at radius 2 is 1.66 bits per heavy atom. The van der Waals surface area contributed by atoms with E-state index in [0.29, 0.717) is 24.4 Å². The Balaban J connectivity index is 1.28. The van der Waals surface area contributed by atoms with E-state index < -0.39 is 5.41 Å². The molecule has 4 aliphatic carbocycles. The first kappa shape index (κ1) is 20.7. The first-order valence-electron chi connectivity index (χ1n) is 11.4. The molecule has 1 aromatic rings. The predicted molar refractivity (Wildman–Crippen MR) is 112 cm³/mol. The van der Waals surface area contributed by atoms with Crippen molar-refractivity contribution in [3.63, 3.8) is 0 Å². The summed E-state index contributed by atoms with van der Waals surface area (Å²) in [5, 5.41) is 9.52. The minimum atomic E-state index is -0.577. The van der Waals surface area contributed by atoms with Crippen molar-refractivity contribution in [1.29, 1.82) is 0 Å². The average molecular weight is 401 g/mol. The molecule has 4 nitrogen and oxygen atoms in total. The second-order valence-electron chi connectivity index (χ2n) is 10.4. The molecule has 0 heterocycles. The topological polar surface area (TPSA) is 55.8 Å². The van der Waals surface area contributed by atoms with Crippen molar-refractivity contribution in [3.05, 3.63) is 29.8 Å². The largest absolute Gasteiger partial charge is 0.508 e. The van der Waals surface area contributed by atoms with Gasteiger partial charge in [0.15, 0.2) is 6.79 Å². The van der Waals surface area contributed by atoms with Crippen LogP contribution < -0.4 is 0 Å². The summed E-state index contributed by atoms with van der Waals surface area (Å²) in [6, 6.07) is 7.31. The van der Waals surface area contributed by atoms with Gasteiger partial charge in [-0.25, -0.2) is 0 Å². The van der Waals surface area contributed by atoms with Crippen LogP contribution in [0.1, 0.15) is 77.2 Å². The molecule has 0 radical (unpaired) electrons. The van der Waals surface area contributed by atoms with Crippen LogP contribution in [0.15, 0.2) is 24.3 Å². The Morgan fingerprint density at radius 1 is 1.07 bits per heavy atom. The second-order valence-corrected chi connectivity index (χ2v) is 10.4. The first-order valence-corrected chi connectivity index (χ1v) is 11.4. The third kappa shape index (κ3) is 4.47. The number of hydrogen-bond donors (Lipinski definition) is 1. The van der Waals surface area contributed by atoms with E-state index in [-0.39, 0.29) is 24.4 Å². The van der Waals surface area contributed by atoms with Crippen LogP contribution in [0.4, 0.5) is 0 Å². The lowest BCUT2D eigenvalue weighted by Crippen LogP contribution is -2.49. The molecule has 1 aromatic carbocycles. The average Bonchev–Trinajstić information content (AvgIpc) is 2.68. The highest BCUT2D eigenvalue weighted by atomic mass is 16.7.